The Morgan fingerprint density at radius 1 is 1.15 bits per heavy atom. The molecule has 4 N–H and O–H groups in total. The number of amides is 2. The Balaban J connectivity index is 1.32. The highest BCUT2D eigenvalue weighted by atomic mass is 16.6. The van der Waals surface area contributed by atoms with E-state index in [0.29, 0.717) is 37.0 Å². The molecular weight excluding hydrogens is 510 g/mol. The van der Waals surface area contributed by atoms with Crippen LogP contribution in [-0.2, 0) is 19.2 Å². The fraction of sp³-hybridized carbons (Fsp3) is 0.742. The molecule has 9 heteroatoms. The van der Waals surface area contributed by atoms with Crippen LogP contribution in [0.2, 0.25) is 0 Å². The standard InChI is InChI=1S/C31H45N3O6/c1-6-8-25(28(37)38)33-27(36)19(3)32-26(35)18-40-34-21-11-14-29(4)20(17-21)9-10-22-23(29)12-15-30(5)24(22)13-16-31(30,39)7-2/h2,17,19,22-25,39H,6,8-16,18H2,1,3-5H3,(H,32,35)(H,33,36)(H,37,38)/b34-21-/t19-,22-,23+,24+,25-,29+,30+,31-/m1/s1. The van der Waals surface area contributed by atoms with Crippen LogP contribution in [-0.4, -0.2) is 58.0 Å². The molecule has 3 fully saturated rings. The Morgan fingerprint density at radius 3 is 2.55 bits per heavy atom. The summed E-state index contributed by atoms with van der Waals surface area (Å²) in [4.78, 5) is 41.2. The van der Waals surface area contributed by atoms with Crippen molar-refractivity contribution in [3.8, 4) is 12.3 Å². The zero-order valence-corrected chi connectivity index (χ0v) is 24.3. The molecule has 4 aliphatic rings. The number of carbonyl (C=O) groups excluding carboxylic acids is 2. The lowest BCUT2D eigenvalue weighted by molar-refractivity contribution is -0.142. The normalized spacial score (nSPS) is 37.0. The fourth-order valence-electron chi connectivity index (χ4n) is 8.26. The van der Waals surface area contributed by atoms with E-state index in [1.165, 1.54) is 12.5 Å². The maximum atomic E-state index is 12.3. The average molecular weight is 556 g/mol. The summed E-state index contributed by atoms with van der Waals surface area (Å²) in [6.07, 6.45) is 16.4. The molecule has 40 heavy (non-hydrogen) atoms. The summed E-state index contributed by atoms with van der Waals surface area (Å²) >= 11 is 0. The monoisotopic (exact) mass is 555 g/mol. The predicted molar refractivity (Wildman–Crippen MR) is 151 cm³/mol. The van der Waals surface area contributed by atoms with Gasteiger partial charge >= 0.3 is 5.97 Å². The number of fused-ring (bicyclic) bond motifs is 5. The van der Waals surface area contributed by atoms with Crippen molar-refractivity contribution < 1.29 is 29.4 Å². The molecule has 8 atom stereocenters. The molecule has 0 aromatic carbocycles. The average Bonchev–Trinajstić information content (AvgIpc) is 3.19. The molecule has 4 aliphatic carbocycles. The molecule has 0 heterocycles. The first-order chi connectivity index (χ1) is 18.9. The number of nitrogens with one attached hydrogen (secondary N) is 2. The second kappa shape index (κ2) is 11.6. The molecule has 0 radical (unpaired) electrons. The van der Waals surface area contributed by atoms with Gasteiger partial charge in [-0.25, -0.2) is 4.79 Å². The summed E-state index contributed by atoms with van der Waals surface area (Å²) in [6, 6.07) is -1.88. The largest absolute Gasteiger partial charge is 0.480 e. The Morgan fingerprint density at radius 2 is 1.88 bits per heavy atom. The van der Waals surface area contributed by atoms with Gasteiger partial charge in [-0.3, -0.25) is 9.59 Å². The minimum atomic E-state index is -1.10. The van der Waals surface area contributed by atoms with E-state index in [-0.39, 0.29) is 17.4 Å². The molecule has 9 nitrogen and oxygen atoms in total. The first-order valence-corrected chi connectivity index (χ1v) is 14.8. The number of oxime groups is 1. The lowest BCUT2D eigenvalue weighted by Crippen LogP contribution is -2.54. The van der Waals surface area contributed by atoms with Gasteiger partial charge in [0.2, 0.25) is 5.91 Å². The van der Waals surface area contributed by atoms with Gasteiger partial charge in [-0.1, -0.05) is 43.8 Å². The van der Waals surface area contributed by atoms with Crippen LogP contribution in [0.1, 0.15) is 91.9 Å². The van der Waals surface area contributed by atoms with E-state index < -0.39 is 35.5 Å². The Labute approximate surface area is 237 Å². The topological polar surface area (TPSA) is 137 Å². The summed E-state index contributed by atoms with van der Waals surface area (Å²) in [7, 11) is 0. The van der Waals surface area contributed by atoms with Crippen molar-refractivity contribution in [3.05, 3.63) is 11.6 Å². The quantitative estimate of drug-likeness (QED) is 0.254. The molecular formula is C31H45N3O6. The number of nitrogens with zero attached hydrogens (tertiary/aromatic N) is 1. The number of hydrogen-bond acceptors (Lipinski definition) is 6. The number of carbonyl (C=O) groups is 3. The lowest BCUT2D eigenvalue weighted by atomic mass is 9.46. The number of aliphatic carboxylic acids is 1. The molecule has 0 saturated heterocycles. The molecule has 220 valence electrons. The third kappa shape index (κ3) is 5.39. The summed E-state index contributed by atoms with van der Waals surface area (Å²) in [5.41, 5.74) is 1.10. The molecule has 0 spiro atoms. The van der Waals surface area contributed by atoms with Gasteiger partial charge in [-0.2, -0.15) is 0 Å². The third-order valence-electron chi connectivity index (χ3n) is 10.7. The van der Waals surface area contributed by atoms with Crippen molar-refractivity contribution in [2.45, 2.75) is 110 Å². The van der Waals surface area contributed by atoms with Crippen molar-refractivity contribution >= 4 is 23.5 Å². The van der Waals surface area contributed by atoms with Gasteiger partial charge in [0.25, 0.3) is 5.91 Å². The van der Waals surface area contributed by atoms with Crippen LogP contribution in [0.4, 0.5) is 0 Å². The summed E-state index contributed by atoms with van der Waals surface area (Å²) in [5, 5.41) is 29.6. The van der Waals surface area contributed by atoms with Crippen molar-refractivity contribution in [1.82, 2.24) is 10.6 Å². The lowest BCUT2D eigenvalue weighted by Gasteiger charge is -2.58. The zero-order valence-electron chi connectivity index (χ0n) is 24.3. The zero-order chi connectivity index (χ0) is 29.3. The minimum Gasteiger partial charge on any atom is -0.480 e. The van der Waals surface area contributed by atoms with Gasteiger partial charge in [-0.15, -0.1) is 6.42 Å². The van der Waals surface area contributed by atoms with Gasteiger partial charge in [0.15, 0.2) is 6.61 Å². The van der Waals surface area contributed by atoms with E-state index >= 15 is 0 Å². The molecule has 3 saturated carbocycles. The van der Waals surface area contributed by atoms with Crippen molar-refractivity contribution in [2.24, 2.45) is 33.7 Å². The second-order valence-electron chi connectivity index (χ2n) is 12.8. The molecule has 4 rings (SSSR count). The van der Waals surface area contributed by atoms with Gasteiger partial charge in [0.1, 0.15) is 17.7 Å². The van der Waals surface area contributed by atoms with Crippen molar-refractivity contribution in [1.29, 1.82) is 0 Å². The van der Waals surface area contributed by atoms with Crippen LogP contribution in [0.15, 0.2) is 16.8 Å². The van der Waals surface area contributed by atoms with Gasteiger partial charge in [0, 0.05) is 5.41 Å². The maximum absolute atomic E-state index is 12.3. The van der Waals surface area contributed by atoms with E-state index in [2.05, 4.69) is 41.6 Å². The molecule has 0 aromatic rings. The van der Waals surface area contributed by atoms with Crippen LogP contribution < -0.4 is 10.6 Å². The van der Waals surface area contributed by atoms with Crippen LogP contribution >= 0.6 is 0 Å². The number of terminal acetylenes is 1. The Kier molecular flexibility index (Phi) is 8.70. The number of allylic oxidation sites excluding steroid dienone is 2. The number of carboxylic acids is 1. The van der Waals surface area contributed by atoms with Gasteiger partial charge in [-0.05, 0) is 94.0 Å². The smallest absolute Gasteiger partial charge is 0.326 e. The molecule has 0 aromatic heterocycles. The molecule has 0 aliphatic heterocycles. The SMILES string of the molecule is C#C[C@@]1(O)CC[C@H]2[C@@H]3CCC4=C/C(=N\OCC(=O)N[C@H](C)C(=O)N[C@H](CCC)C(=O)O)CC[C@]4(C)[C@H]3CC[C@@]21C. The minimum absolute atomic E-state index is 0.0892. The fourth-order valence-corrected chi connectivity index (χ4v) is 8.26. The first-order valence-electron chi connectivity index (χ1n) is 14.8. The molecule has 0 bridgehead atoms. The number of hydrogen-bond donors (Lipinski definition) is 4. The summed E-state index contributed by atoms with van der Waals surface area (Å²) < 4.78 is 0. The van der Waals surface area contributed by atoms with Gasteiger partial charge < -0.3 is 25.7 Å². The predicted octanol–water partition coefficient (Wildman–Crippen LogP) is 3.56. The molecule has 0 unspecified atom stereocenters. The number of carboxylic acid groups (broad SMARTS) is 1. The summed E-state index contributed by atoms with van der Waals surface area (Å²) in [6.45, 7) is 7.59. The van der Waals surface area contributed by atoms with Gasteiger partial charge in [0.05, 0.1) is 5.71 Å². The highest BCUT2D eigenvalue weighted by Crippen LogP contribution is 2.67. The second-order valence-corrected chi connectivity index (χ2v) is 12.8. The van der Waals surface area contributed by atoms with Crippen LogP contribution in [0.25, 0.3) is 0 Å². The first kappa shape index (κ1) is 30.1. The van der Waals surface area contributed by atoms with E-state index in [1.54, 1.807) is 0 Å². The third-order valence-corrected chi connectivity index (χ3v) is 10.7. The summed E-state index contributed by atoms with van der Waals surface area (Å²) in [5.74, 6) is 2.16. The van der Waals surface area contributed by atoms with Crippen LogP contribution in [0.5, 0.6) is 0 Å². The van der Waals surface area contributed by atoms with Crippen LogP contribution in [0.3, 0.4) is 0 Å². The highest BCUT2D eigenvalue weighted by molar-refractivity contribution is 5.96. The Bertz CT molecular complexity index is 1130. The number of aliphatic hydroxyl groups is 1. The number of rotatable bonds is 9. The van der Waals surface area contributed by atoms with Crippen molar-refractivity contribution in [2.75, 3.05) is 6.61 Å². The van der Waals surface area contributed by atoms with Crippen LogP contribution in [0, 0.1) is 40.9 Å². The Hall–Kier alpha value is -2.86. The maximum Gasteiger partial charge on any atom is 0.326 e. The molecule has 2 amide bonds. The van der Waals surface area contributed by atoms with E-state index in [4.69, 9.17) is 11.3 Å². The van der Waals surface area contributed by atoms with Crippen molar-refractivity contribution in [3.63, 3.8) is 0 Å². The van der Waals surface area contributed by atoms with E-state index in [9.17, 15) is 24.6 Å². The van der Waals surface area contributed by atoms with E-state index in [1.807, 2.05) is 6.92 Å². The van der Waals surface area contributed by atoms with E-state index in [0.717, 1.165) is 50.7 Å². The highest BCUT2D eigenvalue weighted by Gasteiger charge is 2.63.